The van der Waals surface area contributed by atoms with Crippen LogP contribution < -0.4 is 0 Å². The fourth-order valence-corrected chi connectivity index (χ4v) is 2.10. The van der Waals surface area contributed by atoms with E-state index in [1.165, 1.54) is 18.3 Å². The van der Waals surface area contributed by atoms with Crippen LogP contribution in [0.25, 0.3) is 5.57 Å². The van der Waals surface area contributed by atoms with E-state index in [9.17, 15) is 18.0 Å². The van der Waals surface area contributed by atoms with E-state index in [0.717, 1.165) is 19.3 Å². The average Bonchev–Trinajstić information content (AvgIpc) is 2.50. The monoisotopic (exact) mass is 313 g/mol. The van der Waals surface area contributed by atoms with Gasteiger partial charge in [-0.15, -0.1) is 0 Å². The molecule has 0 radical (unpaired) electrons. The highest BCUT2D eigenvalue weighted by Crippen LogP contribution is 2.27. The van der Waals surface area contributed by atoms with Crippen molar-refractivity contribution in [3.8, 4) is 0 Å². The number of Topliss-reactive ketones (excluding diaryl/α,β-unsaturated/α-hetero) is 1. The van der Waals surface area contributed by atoms with Gasteiger partial charge in [0.15, 0.2) is 0 Å². The lowest BCUT2D eigenvalue weighted by Gasteiger charge is -2.20. The van der Waals surface area contributed by atoms with Crippen molar-refractivity contribution in [2.45, 2.75) is 39.3 Å². The van der Waals surface area contributed by atoms with Crippen molar-refractivity contribution >= 4 is 11.4 Å². The number of carbonyl (C=O) groups excluding carboxylic acids is 1. The van der Waals surface area contributed by atoms with Gasteiger partial charge < -0.3 is 4.90 Å². The lowest BCUT2D eigenvalue weighted by atomic mass is 10.0. The van der Waals surface area contributed by atoms with Crippen molar-refractivity contribution in [1.29, 1.82) is 0 Å². The quantitative estimate of drug-likeness (QED) is 0.513. The van der Waals surface area contributed by atoms with E-state index in [1.54, 1.807) is 23.1 Å². The Morgan fingerprint density at radius 1 is 1.14 bits per heavy atom. The van der Waals surface area contributed by atoms with Gasteiger partial charge in [-0.1, -0.05) is 50.1 Å². The van der Waals surface area contributed by atoms with Crippen molar-refractivity contribution < 1.29 is 18.0 Å². The van der Waals surface area contributed by atoms with Gasteiger partial charge in [0.25, 0.3) is 5.78 Å². The average molecular weight is 313 g/mol. The molecule has 0 aromatic heterocycles. The normalized spacial score (nSPS) is 12.3. The maximum absolute atomic E-state index is 12.8. The molecular formula is C17H22F3NO. The molecule has 0 saturated heterocycles. The summed E-state index contributed by atoms with van der Waals surface area (Å²) in [5.74, 6) is -1.80. The Hall–Kier alpha value is -1.78. The van der Waals surface area contributed by atoms with Crippen molar-refractivity contribution in [2.75, 3.05) is 13.1 Å². The Balaban J connectivity index is 3.08. The third-order valence-corrected chi connectivity index (χ3v) is 3.35. The number of ketones is 1. The Morgan fingerprint density at radius 3 is 2.27 bits per heavy atom. The van der Waals surface area contributed by atoms with Gasteiger partial charge in [0, 0.05) is 19.3 Å². The molecule has 1 rings (SSSR count). The van der Waals surface area contributed by atoms with Crippen molar-refractivity contribution in [1.82, 2.24) is 4.90 Å². The van der Waals surface area contributed by atoms with Crippen molar-refractivity contribution in [2.24, 2.45) is 0 Å². The first-order chi connectivity index (χ1) is 10.4. The standard InChI is InChI=1S/C17H22F3NO/c1-3-5-9-12-21(4-2)13-15(16(22)17(18,19)20)14-10-7-6-8-11-14/h6-8,10-11,13H,3-5,9,12H2,1-2H3/b15-13-. The molecule has 1 aromatic carbocycles. The minimum absolute atomic E-state index is 0.291. The van der Waals surface area contributed by atoms with Gasteiger partial charge in [-0.3, -0.25) is 4.79 Å². The summed E-state index contributed by atoms with van der Waals surface area (Å²) in [5, 5.41) is 0. The van der Waals surface area contributed by atoms with Crippen LogP contribution >= 0.6 is 0 Å². The summed E-state index contributed by atoms with van der Waals surface area (Å²) < 4.78 is 38.5. The van der Waals surface area contributed by atoms with Gasteiger partial charge in [-0.25, -0.2) is 0 Å². The second-order valence-corrected chi connectivity index (χ2v) is 5.07. The van der Waals surface area contributed by atoms with E-state index in [0.29, 0.717) is 18.7 Å². The summed E-state index contributed by atoms with van der Waals surface area (Å²) in [6.07, 6.45) is -0.582. The summed E-state index contributed by atoms with van der Waals surface area (Å²) in [5.41, 5.74) is -0.00906. The third kappa shape index (κ3) is 5.54. The maximum Gasteiger partial charge on any atom is 0.454 e. The summed E-state index contributed by atoms with van der Waals surface area (Å²) in [6, 6.07) is 8.00. The largest absolute Gasteiger partial charge is 0.454 e. The molecular weight excluding hydrogens is 291 g/mol. The highest BCUT2D eigenvalue weighted by atomic mass is 19.4. The fourth-order valence-electron chi connectivity index (χ4n) is 2.10. The minimum atomic E-state index is -4.87. The predicted molar refractivity (Wildman–Crippen MR) is 82.3 cm³/mol. The number of benzene rings is 1. The van der Waals surface area contributed by atoms with Gasteiger partial charge in [-0.05, 0) is 18.9 Å². The smallest absolute Gasteiger partial charge is 0.377 e. The molecule has 0 bridgehead atoms. The SMILES string of the molecule is CCCCCN(/C=C(\C(=O)C(F)(F)F)c1ccccc1)CC. The number of hydrogen-bond donors (Lipinski definition) is 0. The van der Waals surface area contributed by atoms with E-state index in [-0.39, 0.29) is 5.57 Å². The van der Waals surface area contributed by atoms with Crippen LogP contribution in [0.3, 0.4) is 0 Å². The summed E-state index contributed by atoms with van der Waals surface area (Å²) in [4.78, 5) is 13.5. The molecule has 0 aliphatic rings. The topological polar surface area (TPSA) is 20.3 Å². The molecule has 5 heteroatoms. The lowest BCUT2D eigenvalue weighted by molar-refractivity contribution is -0.164. The molecule has 0 N–H and O–H groups in total. The Kier molecular flexibility index (Phi) is 7.15. The van der Waals surface area contributed by atoms with Crippen molar-refractivity contribution in [3.63, 3.8) is 0 Å². The summed E-state index contributed by atoms with van der Waals surface area (Å²) in [6.45, 7) is 5.13. The molecule has 1 aromatic rings. The van der Waals surface area contributed by atoms with Crippen molar-refractivity contribution in [3.05, 3.63) is 42.1 Å². The second-order valence-electron chi connectivity index (χ2n) is 5.07. The number of unbranched alkanes of at least 4 members (excludes halogenated alkanes) is 2. The summed E-state index contributed by atoms with van der Waals surface area (Å²) in [7, 11) is 0. The van der Waals surface area contributed by atoms with E-state index in [4.69, 9.17) is 0 Å². The molecule has 22 heavy (non-hydrogen) atoms. The van der Waals surface area contributed by atoms with E-state index in [1.807, 2.05) is 6.92 Å². The number of hydrogen-bond acceptors (Lipinski definition) is 2. The summed E-state index contributed by atoms with van der Waals surface area (Å²) >= 11 is 0. The molecule has 0 unspecified atom stereocenters. The van der Waals surface area contributed by atoms with Gasteiger partial charge in [0.05, 0.1) is 5.57 Å². The van der Waals surface area contributed by atoms with Crippen LogP contribution in [0.5, 0.6) is 0 Å². The van der Waals surface area contributed by atoms with Crippen LogP contribution in [-0.4, -0.2) is 29.9 Å². The molecule has 0 heterocycles. The van der Waals surface area contributed by atoms with E-state index < -0.39 is 12.0 Å². The first kappa shape index (κ1) is 18.3. The van der Waals surface area contributed by atoms with Gasteiger partial charge in [0.1, 0.15) is 0 Å². The van der Waals surface area contributed by atoms with Crippen LogP contribution in [-0.2, 0) is 4.79 Å². The van der Waals surface area contributed by atoms with E-state index in [2.05, 4.69) is 6.92 Å². The zero-order valence-corrected chi connectivity index (χ0v) is 13.0. The van der Waals surface area contributed by atoms with Crippen LogP contribution in [0.15, 0.2) is 36.5 Å². The first-order valence-corrected chi connectivity index (χ1v) is 7.53. The fraction of sp³-hybridized carbons (Fsp3) is 0.471. The highest BCUT2D eigenvalue weighted by molar-refractivity contribution is 6.23. The molecule has 0 atom stereocenters. The third-order valence-electron chi connectivity index (χ3n) is 3.35. The molecule has 0 amide bonds. The van der Waals surface area contributed by atoms with Crippen LogP contribution in [0.2, 0.25) is 0 Å². The second kappa shape index (κ2) is 8.61. The Morgan fingerprint density at radius 2 is 1.77 bits per heavy atom. The number of allylic oxidation sites excluding steroid dienone is 1. The minimum Gasteiger partial charge on any atom is -0.377 e. The number of halogens is 3. The van der Waals surface area contributed by atoms with Crippen LogP contribution in [0.1, 0.15) is 38.7 Å². The number of alkyl halides is 3. The number of carbonyl (C=O) groups is 1. The maximum atomic E-state index is 12.8. The zero-order chi connectivity index (χ0) is 16.6. The Bertz CT molecular complexity index is 494. The first-order valence-electron chi connectivity index (χ1n) is 7.53. The predicted octanol–water partition coefficient (Wildman–Crippen LogP) is 4.67. The van der Waals surface area contributed by atoms with Gasteiger partial charge >= 0.3 is 6.18 Å². The number of nitrogens with zero attached hydrogens (tertiary/aromatic N) is 1. The van der Waals surface area contributed by atoms with Crippen LogP contribution in [0.4, 0.5) is 13.2 Å². The molecule has 0 spiro atoms. The molecule has 2 nitrogen and oxygen atoms in total. The zero-order valence-electron chi connectivity index (χ0n) is 13.0. The van der Waals surface area contributed by atoms with Gasteiger partial charge in [-0.2, -0.15) is 13.2 Å². The molecule has 0 saturated carbocycles. The van der Waals surface area contributed by atoms with Crippen LogP contribution in [0, 0.1) is 0 Å². The van der Waals surface area contributed by atoms with Gasteiger partial charge in [0.2, 0.25) is 0 Å². The lowest BCUT2D eigenvalue weighted by Crippen LogP contribution is -2.26. The van der Waals surface area contributed by atoms with E-state index >= 15 is 0 Å². The molecule has 122 valence electrons. The molecule has 0 aliphatic carbocycles. The number of rotatable bonds is 8. The molecule has 0 fully saturated rings. The molecule has 0 aliphatic heterocycles. The Labute approximate surface area is 129 Å². The highest BCUT2D eigenvalue weighted by Gasteiger charge is 2.41.